The van der Waals surface area contributed by atoms with Gasteiger partial charge in [-0.05, 0) is 37.8 Å². The van der Waals surface area contributed by atoms with Crippen molar-refractivity contribution >= 4 is 23.4 Å². The van der Waals surface area contributed by atoms with Crippen molar-refractivity contribution < 1.29 is 19.4 Å². The first-order valence-corrected chi connectivity index (χ1v) is 6.93. The van der Waals surface area contributed by atoms with Crippen molar-refractivity contribution in [2.24, 2.45) is 0 Å². The summed E-state index contributed by atoms with van der Waals surface area (Å²) in [6, 6.07) is 1.87. The molecule has 1 aromatic heterocycles. The second-order valence-corrected chi connectivity index (χ2v) is 6.51. The summed E-state index contributed by atoms with van der Waals surface area (Å²) in [6.45, 7) is 5.95. The average Bonchev–Trinajstić information content (AvgIpc) is 2.72. The lowest BCUT2D eigenvalue weighted by Gasteiger charge is -2.32. The normalized spacial score (nSPS) is 18.9. The lowest BCUT2D eigenvalue weighted by Crippen LogP contribution is -2.42. The highest BCUT2D eigenvalue weighted by Crippen LogP contribution is 2.33. The number of thiophene rings is 1. The van der Waals surface area contributed by atoms with Crippen molar-refractivity contribution in [1.29, 1.82) is 0 Å². The third-order valence-electron chi connectivity index (χ3n) is 2.81. The van der Waals surface area contributed by atoms with Gasteiger partial charge in [-0.15, -0.1) is 11.3 Å². The van der Waals surface area contributed by atoms with Crippen LogP contribution in [0, 0.1) is 0 Å². The molecule has 19 heavy (non-hydrogen) atoms. The Morgan fingerprint density at radius 2 is 2.16 bits per heavy atom. The molecule has 0 aliphatic carbocycles. The smallest absolute Gasteiger partial charge is 0.410 e. The summed E-state index contributed by atoms with van der Waals surface area (Å²) in [5, 5.41) is 11.1. The van der Waals surface area contributed by atoms with Crippen LogP contribution in [-0.2, 0) is 16.1 Å². The number of nitrogens with zero attached hydrogens (tertiary/aromatic N) is 1. The van der Waals surface area contributed by atoms with Gasteiger partial charge in [-0.25, -0.2) is 4.79 Å². The molecule has 1 aliphatic heterocycles. The van der Waals surface area contributed by atoms with Crippen LogP contribution in [0.15, 0.2) is 11.4 Å². The molecule has 0 radical (unpaired) electrons. The Balaban J connectivity index is 2.19. The zero-order valence-electron chi connectivity index (χ0n) is 11.2. The van der Waals surface area contributed by atoms with Crippen LogP contribution >= 0.6 is 11.3 Å². The summed E-state index contributed by atoms with van der Waals surface area (Å²) in [5.41, 5.74) is 0.319. The maximum Gasteiger partial charge on any atom is 0.410 e. The van der Waals surface area contributed by atoms with Gasteiger partial charge in [0, 0.05) is 11.4 Å². The number of carboxylic acids is 1. The number of hydrogen-bond acceptors (Lipinski definition) is 4. The Labute approximate surface area is 115 Å². The van der Waals surface area contributed by atoms with E-state index in [1.165, 1.54) is 16.2 Å². The summed E-state index contributed by atoms with van der Waals surface area (Å²) in [5.74, 6) is -1.56. The van der Waals surface area contributed by atoms with Crippen LogP contribution in [0.25, 0.3) is 0 Å². The average molecular weight is 283 g/mol. The molecule has 0 saturated heterocycles. The van der Waals surface area contributed by atoms with Gasteiger partial charge in [-0.2, -0.15) is 0 Å². The Morgan fingerprint density at radius 1 is 1.47 bits per heavy atom. The van der Waals surface area contributed by atoms with Gasteiger partial charge in [-0.1, -0.05) is 0 Å². The fourth-order valence-electron chi connectivity index (χ4n) is 2.01. The van der Waals surface area contributed by atoms with E-state index in [2.05, 4.69) is 0 Å². The van der Waals surface area contributed by atoms with Gasteiger partial charge in [0.15, 0.2) is 0 Å². The van der Waals surface area contributed by atoms with Crippen LogP contribution in [-0.4, -0.2) is 34.2 Å². The van der Waals surface area contributed by atoms with E-state index >= 15 is 0 Å². The number of carbonyl (C=O) groups excluding carboxylic acids is 1. The second kappa shape index (κ2) is 4.85. The van der Waals surface area contributed by atoms with Gasteiger partial charge in [0.25, 0.3) is 0 Å². The van der Waals surface area contributed by atoms with Gasteiger partial charge >= 0.3 is 12.1 Å². The number of rotatable bonds is 1. The molecule has 2 heterocycles. The predicted octanol–water partition coefficient (Wildman–Crippen LogP) is 2.67. The summed E-state index contributed by atoms with van der Waals surface area (Å²) < 4.78 is 5.29. The van der Waals surface area contributed by atoms with Gasteiger partial charge in [0.05, 0.1) is 6.54 Å². The standard InChI is InChI=1S/C13H17NO4S/c1-13(2,3)18-12(17)14-6-8-4-5-19-10(8)9(7-14)11(15)16/h4-5,9H,6-7H2,1-3H3,(H,15,16). The lowest BCUT2D eigenvalue weighted by atomic mass is 9.99. The molecule has 1 N–H and O–H groups in total. The Morgan fingerprint density at radius 3 is 2.74 bits per heavy atom. The number of carbonyl (C=O) groups is 2. The Kier molecular flexibility index (Phi) is 3.54. The van der Waals surface area contributed by atoms with Gasteiger partial charge in [-0.3, -0.25) is 4.79 Å². The molecule has 2 rings (SSSR count). The van der Waals surface area contributed by atoms with Crippen LogP contribution < -0.4 is 0 Å². The minimum absolute atomic E-state index is 0.164. The highest BCUT2D eigenvalue weighted by molar-refractivity contribution is 7.10. The van der Waals surface area contributed by atoms with Gasteiger partial charge in [0.2, 0.25) is 0 Å². The quantitative estimate of drug-likeness (QED) is 0.860. The maximum atomic E-state index is 12.0. The minimum Gasteiger partial charge on any atom is -0.481 e. The van der Waals surface area contributed by atoms with E-state index in [1.54, 1.807) is 20.8 Å². The number of hydrogen-bond donors (Lipinski definition) is 1. The Bertz CT molecular complexity index is 503. The number of aliphatic carboxylic acids is 1. The zero-order valence-corrected chi connectivity index (χ0v) is 12.0. The first-order valence-electron chi connectivity index (χ1n) is 6.05. The number of amides is 1. The largest absolute Gasteiger partial charge is 0.481 e. The predicted molar refractivity (Wildman–Crippen MR) is 71.3 cm³/mol. The van der Waals surface area contributed by atoms with Crippen molar-refractivity contribution in [2.45, 2.75) is 38.8 Å². The molecule has 0 fully saturated rings. The first kappa shape index (κ1) is 13.9. The van der Waals surface area contributed by atoms with E-state index in [1.807, 2.05) is 11.4 Å². The molecule has 0 saturated carbocycles. The summed E-state index contributed by atoms with van der Waals surface area (Å²) in [7, 11) is 0. The van der Waals surface area contributed by atoms with E-state index in [4.69, 9.17) is 4.74 Å². The van der Waals surface area contributed by atoms with E-state index in [0.717, 1.165) is 10.4 Å². The monoisotopic (exact) mass is 283 g/mol. The topological polar surface area (TPSA) is 66.8 Å². The molecule has 6 heteroatoms. The molecule has 0 aromatic carbocycles. The second-order valence-electron chi connectivity index (χ2n) is 5.56. The lowest BCUT2D eigenvalue weighted by molar-refractivity contribution is -0.139. The van der Waals surface area contributed by atoms with Crippen LogP contribution in [0.4, 0.5) is 4.79 Å². The van der Waals surface area contributed by atoms with Gasteiger partial charge < -0.3 is 14.7 Å². The van der Waals surface area contributed by atoms with E-state index < -0.39 is 23.6 Å². The van der Waals surface area contributed by atoms with E-state index in [9.17, 15) is 14.7 Å². The fourth-order valence-corrected chi connectivity index (χ4v) is 3.02. The van der Waals surface area contributed by atoms with Crippen molar-refractivity contribution in [2.75, 3.05) is 6.54 Å². The fraction of sp³-hybridized carbons (Fsp3) is 0.538. The molecule has 0 bridgehead atoms. The number of ether oxygens (including phenoxy) is 1. The number of carboxylic acid groups (broad SMARTS) is 1. The molecular formula is C13H17NO4S. The molecule has 1 aromatic rings. The van der Waals surface area contributed by atoms with Crippen LogP contribution in [0.2, 0.25) is 0 Å². The number of fused-ring (bicyclic) bond motifs is 1. The molecular weight excluding hydrogens is 266 g/mol. The molecule has 104 valence electrons. The molecule has 1 amide bonds. The summed E-state index contributed by atoms with van der Waals surface area (Å²) in [4.78, 5) is 25.6. The third-order valence-corrected chi connectivity index (χ3v) is 3.88. The van der Waals surface area contributed by atoms with Crippen LogP contribution in [0.1, 0.15) is 37.1 Å². The minimum atomic E-state index is -0.906. The van der Waals surface area contributed by atoms with Crippen molar-refractivity contribution in [1.82, 2.24) is 4.90 Å². The van der Waals surface area contributed by atoms with Gasteiger partial charge in [0.1, 0.15) is 11.5 Å². The van der Waals surface area contributed by atoms with Crippen molar-refractivity contribution in [3.8, 4) is 0 Å². The molecule has 5 nitrogen and oxygen atoms in total. The SMILES string of the molecule is CC(C)(C)OC(=O)N1Cc2ccsc2C(C(=O)O)C1. The van der Waals surface area contributed by atoms with Crippen LogP contribution in [0.3, 0.4) is 0 Å². The highest BCUT2D eigenvalue weighted by atomic mass is 32.1. The Hall–Kier alpha value is -1.56. The van der Waals surface area contributed by atoms with Crippen LogP contribution in [0.5, 0.6) is 0 Å². The molecule has 1 unspecified atom stereocenters. The third kappa shape index (κ3) is 3.07. The highest BCUT2D eigenvalue weighted by Gasteiger charge is 2.35. The van der Waals surface area contributed by atoms with E-state index in [-0.39, 0.29) is 6.54 Å². The van der Waals surface area contributed by atoms with Crippen molar-refractivity contribution in [3.63, 3.8) is 0 Å². The summed E-state index contributed by atoms with van der Waals surface area (Å²) in [6.07, 6.45) is -0.462. The molecule has 0 spiro atoms. The van der Waals surface area contributed by atoms with E-state index in [0.29, 0.717) is 6.54 Å². The maximum absolute atomic E-state index is 12.0. The molecule has 1 atom stereocenters. The summed E-state index contributed by atoms with van der Waals surface area (Å²) >= 11 is 1.43. The molecule has 1 aliphatic rings. The zero-order chi connectivity index (χ0) is 14.2. The first-order chi connectivity index (χ1) is 8.78. The van der Waals surface area contributed by atoms with Crippen molar-refractivity contribution in [3.05, 3.63) is 21.9 Å².